The zero-order valence-electron chi connectivity index (χ0n) is 22.5. The molecule has 2 heterocycles. The van der Waals surface area contributed by atoms with Crippen molar-refractivity contribution in [1.82, 2.24) is 0 Å². The van der Waals surface area contributed by atoms with E-state index in [1.807, 2.05) is 0 Å². The van der Waals surface area contributed by atoms with Gasteiger partial charge in [0, 0.05) is 11.5 Å². The Morgan fingerprint density at radius 2 is 1.81 bits per heavy atom. The van der Waals surface area contributed by atoms with Crippen LogP contribution in [0.2, 0.25) is 0 Å². The Balaban J connectivity index is 1.16. The van der Waals surface area contributed by atoms with E-state index in [-0.39, 0.29) is 40.8 Å². The predicted molar refractivity (Wildman–Crippen MR) is 135 cm³/mol. The molecular weight excluding hydrogens is 474 g/mol. The van der Waals surface area contributed by atoms with Gasteiger partial charge in [0.05, 0.1) is 23.9 Å². The van der Waals surface area contributed by atoms with Gasteiger partial charge in [-0.3, -0.25) is 0 Å². The first-order valence-electron chi connectivity index (χ1n) is 14.5. The Labute approximate surface area is 219 Å². The van der Waals surface area contributed by atoms with E-state index in [4.69, 9.17) is 19.9 Å². The molecule has 8 heteroatoms. The molecule has 0 aromatic heterocycles. The van der Waals surface area contributed by atoms with Crippen LogP contribution in [0, 0.1) is 34.5 Å². The summed E-state index contributed by atoms with van der Waals surface area (Å²) in [5.41, 5.74) is 6.24. The van der Waals surface area contributed by atoms with Crippen LogP contribution in [-0.4, -0.2) is 70.2 Å². The Morgan fingerprint density at radius 3 is 2.54 bits per heavy atom. The number of nitrogens with two attached hydrogens (primary N) is 1. The summed E-state index contributed by atoms with van der Waals surface area (Å²) < 4.78 is 17.3. The third-order valence-corrected chi connectivity index (χ3v) is 12.2. The molecule has 0 aromatic carbocycles. The van der Waals surface area contributed by atoms with Crippen LogP contribution in [0.15, 0.2) is 11.6 Å². The molecule has 208 valence electrons. The number of esters is 1. The Bertz CT molecular complexity index is 957. The van der Waals surface area contributed by atoms with Crippen LogP contribution >= 0.6 is 0 Å². The lowest BCUT2D eigenvalue weighted by molar-refractivity contribution is -0.291. The number of hydrogen-bond acceptors (Lipinski definition) is 8. The molecule has 1 saturated heterocycles. The zero-order valence-corrected chi connectivity index (χ0v) is 22.5. The molecule has 4 aliphatic carbocycles. The van der Waals surface area contributed by atoms with E-state index < -0.39 is 30.1 Å². The second-order valence-corrected chi connectivity index (χ2v) is 13.6. The SMILES string of the molecule is CC1OC(O[C@H]2CCC3(C)C4CCC5(C)[C@@H](C6=CC(=O)OC6)CC[C@]5(O)C4CC[C@@H]3C2)[C@@H](O)[C@@H](O)[C@H]1N. The minimum Gasteiger partial charge on any atom is -0.458 e. The number of fused-ring (bicyclic) bond motifs is 5. The first-order chi connectivity index (χ1) is 17.5. The van der Waals surface area contributed by atoms with Gasteiger partial charge in [-0.25, -0.2) is 4.79 Å². The monoisotopic (exact) mass is 519 g/mol. The molecule has 0 radical (unpaired) electrons. The maximum absolute atomic E-state index is 12.4. The summed E-state index contributed by atoms with van der Waals surface area (Å²) in [6, 6.07) is -0.629. The first kappa shape index (κ1) is 26.2. The predicted octanol–water partition coefficient (Wildman–Crippen LogP) is 2.42. The first-order valence-corrected chi connectivity index (χ1v) is 14.5. The number of aliphatic hydroxyl groups excluding tert-OH is 2. The number of ether oxygens (including phenoxy) is 3. The lowest BCUT2D eigenvalue weighted by atomic mass is 9.43. The maximum atomic E-state index is 12.4. The van der Waals surface area contributed by atoms with Crippen LogP contribution in [0.25, 0.3) is 0 Å². The van der Waals surface area contributed by atoms with Gasteiger partial charge in [-0.2, -0.15) is 0 Å². The molecule has 0 amide bonds. The van der Waals surface area contributed by atoms with E-state index >= 15 is 0 Å². The van der Waals surface area contributed by atoms with Crippen molar-refractivity contribution in [3.63, 3.8) is 0 Å². The van der Waals surface area contributed by atoms with Crippen LogP contribution in [-0.2, 0) is 19.0 Å². The van der Waals surface area contributed by atoms with Crippen molar-refractivity contribution in [1.29, 1.82) is 0 Å². The molecule has 6 aliphatic rings. The Hall–Kier alpha value is -1.03. The van der Waals surface area contributed by atoms with Gasteiger partial charge in [-0.15, -0.1) is 0 Å². The second-order valence-electron chi connectivity index (χ2n) is 13.6. The minimum absolute atomic E-state index is 0.0253. The number of carbonyl (C=O) groups excluding carboxylic acids is 1. The normalized spacial score (nSPS) is 55.6. The number of rotatable bonds is 3. The maximum Gasteiger partial charge on any atom is 0.331 e. The van der Waals surface area contributed by atoms with Crippen molar-refractivity contribution in [3.8, 4) is 0 Å². The van der Waals surface area contributed by atoms with Crippen molar-refractivity contribution in [3.05, 3.63) is 11.6 Å². The fraction of sp³-hybridized carbons (Fsp3) is 0.897. The summed E-state index contributed by atoms with van der Waals surface area (Å²) in [7, 11) is 0. The number of aliphatic hydroxyl groups is 3. The summed E-state index contributed by atoms with van der Waals surface area (Å²) in [6.07, 6.45) is 6.88. The lowest BCUT2D eigenvalue weighted by Gasteiger charge is -2.64. The highest BCUT2D eigenvalue weighted by molar-refractivity contribution is 5.85. The van der Waals surface area contributed by atoms with Crippen molar-refractivity contribution in [2.75, 3.05) is 6.61 Å². The summed E-state index contributed by atoms with van der Waals surface area (Å²) in [4.78, 5) is 11.8. The highest BCUT2D eigenvalue weighted by atomic mass is 16.7. The quantitative estimate of drug-likeness (QED) is 0.330. The van der Waals surface area contributed by atoms with Gasteiger partial charge in [0.25, 0.3) is 0 Å². The molecule has 8 nitrogen and oxygen atoms in total. The van der Waals surface area contributed by atoms with Crippen molar-refractivity contribution in [2.24, 2.45) is 40.2 Å². The highest BCUT2D eigenvalue weighted by Crippen LogP contribution is 2.70. The number of cyclic esters (lactones) is 1. The van der Waals surface area contributed by atoms with Crippen molar-refractivity contribution >= 4 is 5.97 Å². The third-order valence-electron chi connectivity index (χ3n) is 12.2. The molecule has 0 spiro atoms. The number of carbonyl (C=O) groups is 1. The van der Waals surface area contributed by atoms with Gasteiger partial charge in [0.1, 0.15) is 18.8 Å². The van der Waals surface area contributed by atoms with Gasteiger partial charge in [0.15, 0.2) is 6.29 Å². The summed E-state index contributed by atoms with van der Waals surface area (Å²) in [5, 5.41) is 33.2. The van der Waals surface area contributed by atoms with Crippen molar-refractivity contribution in [2.45, 2.75) is 121 Å². The topological polar surface area (TPSA) is 131 Å². The minimum atomic E-state index is -1.15. The van der Waals surface area contributed by atoms with Gasteiger partial charge >= 0.3 is 5.97 Å². The van der Waals surface area contributed by atoms with E-state index in [1.54, 1.807) is 13.0 Å². The standard InChI is InChI=1S/C29H45NO7/c1-15-23(30)24(32)25(33)26(36-15)37-18-6-9-27(2)17(13-18)4-5-21-20(27)7-10-28(3)19(8-11-29(21,28)34)16-12-22(31)35-14-16/h12,15,17-21,23-26,32-34H,4-11,13-14,30H2,1-3H3/t15?,17-,18+,19-,20?,21?,23+,24+,25+,26?,27?,28?,29+/m1/s1. The molecule has 4 saturated carbocycles. The molecular formula is C29H45NO7. The molecule has 5 N–H and O–H groups in total. The van der Waals surface area contributed by atoms with E-state index in [0.717, 1.165) is 63.4 Å². The summed E-state index contributed by atoms with van der Waals surface area (Å²) in [6.45, 7) is 6.89. The summed E-state index contributed by atoms with van der Waals surface area (Å²) >= 11 is 0. The van der Waals surface area contributed by atoms with Crippen LogP contribution in [0.1, 0.15) is 78.6 Å². The molecule has 0 bridgehead atoms. The molecule has 37 heavy (non-hydrogen) atoms. The fourth-order valence-corrected chi connectivity index (χ4v) is 9.85. The lowest BCUT2D eigenvalue weighted by Crippen LogP contribution is -2.63. The Morgan fingerprint density at radius 1 is 1.03 bits per heavy atom. The average molecular weight is 520 g/mol. The summed E-state index contributed by atoms with van der Waals surface area (Å²) in [5.74, 6) is 1.21. The third kappa shape index (κ3) is 3.80. The van der Waals surface area contributed by atoms with E-state index in [1.165, 1.54) is 0 Å². The molecule has 2 aliphatic heterocycles. The largest absolute Gasteiger partial charge is 0.458 e. The van der Waals surface area contributed by atoms with Crippen LogP contribution in [0.5, 0.6) is 0 Å². The number of hydrogen-bond donors (Lipinski definition) is 4. The molecule has 13 atom stereocenters. The average Bonchev–Trinajstić information content (AvgIpc) is 3.41. The smallest absolute Gasteiger partial charge is 0.331 e. The van der Waals surface area contributed by atoms with Crippen LogP contribution < -0.4 is 5.73 Å². The van der Waals surface area contributed by atoms with Gasteiger partial charge < -0.3 is 35.3 Å². The molecule has 6 unspecified atom stereocenters. The Kier molecular flexibility index (Phi) is 6.37. The van der Waals surface area contributed by atoms with Crippen LogP contribution in [0.3, 0.4) is 0 Å². The fourth-order valence-electron chi connectivity index (χ4n) is 9.85. The van der Waals surface area contributed by atoms with E-state index in [0.29, 0.717) is 18.4 Å². The molecule has 6 rings (SSSR count). The second kappa shape index (κ2) is 9.00. The van der Waals surface area contributed by atoms with E-state index in [9.17, 15) is 20.1 Å². The van der Waals surface area contributed by atoms with E-state index in [2.05, 4.69) is 13.8 Å². The van der Waals surface area contributed by atoms with Crippen LogP contribution in [0.4, 0.5) is 0 Å². The molecule has 5 fully saturated rings. The van der Waals surface area contributed by atoms with Gasteiger partial charge in [0.2, 0.25) is 0 Å². The van der Waals surface area contributed by atoms with Gasteiger partial charge in [-0.1, -0.05) is 13.8 Å². The zero-order chi connectivity index (χ0) is 26.3. The van der Waals surface area contributed by atoms with Crippen molar-refractivity contribution < 1.29 is 34.3 Å². The molecule has 0 aromatic rings. The highest BCUT2D eigenvalue weighted by Gasteiger charge is 2.67. The van der Waals surface area contributed by atoms with Gasteiger partial charge in [-0.05, 0) is 99.4 Å².